The van der Waals surface area contributed by atoms with Gasteiger partial charge in [-0.15, -0.1) is 0 Å². The first kappa shape index (κ1) is 26.9. The molecule has 0 unspecified atom stereocenters. The van der Waals surface area contributed by atoms with Crippen LogP contribution < -0.4 is 11.1 Å². The van der Waals surface area contributed by atoms with Crippen LogP contribution >= 0.6 is 0 Å². The van der Waals surface area contributed by atoms with E-state index in [1.165, 1.54) is 38.2 Å². The van der Waals surface area contributed by atoms with Crippen LogP contribution in [0.15, 0.2) is 78.1 Å². The van der Waals surface area contributed by atoms with E-state index >= 15 is 0 Å². The number of ether oxygens (including phenoxy) is 1. The van der Waals surface area contributed by atoms with Crippen molar-refractivity contribution in [2.24, 2.45) is 10.7 Å². The van der Waals surface area contributed by atoms with Gasteiger partial charge in [0.2, 0.25) is 11.7 Å². The topological polar surface area (TPSA) is 134 Å². The lowest BCUT2D eigenvalue weighted by atomic mass is 9.80. The number of hydrogen-bond donors (Lipinski definition) is 2. The van der Waals surface area contributed by atoms with Gasteiger partial charge in [0.25, 0.3) is 5.91 Å². The van der Waals surface area contributed by atoms with Crippen molar-refractivity contribution in [1.29, 1.82) is 0 Å². The lowest BCUT2D eigenvalue weighted by Crippen LogP contribution is -2.63. The normalized spacial score (nSPS) is 19.7. The molecular formula is C28H31N5O5. The van der Waals surface area contributed by atoms with E-state index in [2.05, 4.69) is 10.3 Å². The van der Waals surface area contributed by atoms with E-state index in [4.69, 9.17) is 10.5 Å². The minimum absolute atomic E-state index is 0.0194. The standard InChI is InChI=1S/C28H31N5O5/c1-27(2,29)24(35)31-21(18-38-17-20-12-8-5-9-13-20)22(34)23-28(16-19-10-6-4-7-11-19)25(36)32(3)26(37)33(28)15-14-30-23/h4-15,21H,16-18,29H2,1-3H3,(H,31,35)/t21-,28+/m1/s1. The first-order valence-corrected chi connectivity index (χ1v) is 12.2. The molecular weight excluding hydrogens is 486 g/mol. The summed E-state index contributed by atoms with van der Waals surface area (Å²) in [6.07, 6.45) is 2.72. The Labute approximate surface area is 221 Å². The molecule has 4 rings (SSSR count). The Hall–Kier alpha value is -4.15. The van der Waals surface area contributed by atoms with Crippen molar-refractivity contribution in [2.75, 3.05) is 13.7 Å². The van der Waals surface area contributed by atoms with E-state index in [1.54, 1.807) is 0 Å². The summed E-state index contributed by atoms with van der Waals surface area (Å²) in [6.45, 7) is 3.03. The molecule has 0 spiro atoms. The molecule has 0 radical (unpaired) electrons. The third kappa shape index (κ3) is 5.13. The van der Waals surface area contributed by atoms with Gasteiger partial charge in [0.05, 0.1) is 18.8 Å². The Kier molecular flexibility index (Phi) is 7.56. The number of imide groups is 1. The molecule has 198 valence electrons. The highest BCUT2D eigenvalue weighted by Gasteiger charge is 2.61. The van der Waals surface area contributed by atoms with Crippen molar-refractivity contribution in [1.82, 2.24) is 15.1 Å². The third-order valence-corrected chi connectivity index (χ3v) is 6.51. The maximum atomic E-state index is 14.1. The van der Waals surface area contributed by atoms with Crippen molar-refractivity contribution in [3.8, 4) is 0 Å². The average Bonchev–Trinajstić information content (AvgIpc) is 3.09. The molecule has 2 atom stereocenters. The number of nitrogens with one attached hydrogen (secondary N) is 1. The van der Waals surface area contributed by atoms with Gasteiger partial charge < -0.3 is 15.8 Å². The summed E-state index contributed by atoms with van der Waals surface area (Å²) in [4.78, 5) is 60.1. The van der Waals surface area contributed by atoms with Gasteiger partial charge in [0, 0.05) is 25.9 Å². The number of fused-ring (bicyclic) bond motifs is 1. The lowest BCUT2D eigenvalue weighted by Gasteiger charge is -2.36. The number of nitrogens with two attached hydrogens (primary N) is 1. The lowest BCUT2D eigenvalue weighted by molar-refractivity contribution is -0.131. The van der Waals surface area contributed by atoms with Gasteiger partial charge in [0.1, 0.15) is 11.8 Å². The van der Waals surface area contributed by atoms with Gasteiger partial charge in [-0.25, -0.2) is 4.79 Å². The van der Waals surface area contributed by atoms with Crippen molar-refractivity contribution in [3.63, 3.8) is 0 Å². The zero-order chi connectivity index (χ0) is 27.5. The fourth-order valence-corrected chi connectivity index (χ4v) is 4.44. The SMILES string of the molecule is CN1C(=O)N2C=CN=C(C(=O)[C@@H](COCc3ccccc3)NC(=O)C(C)(C)N)[C@@]2(Cc2ccccc2)C1=O. The van der Waals surface area contributed by atoms with Crippen LogP contribution in [0.1, 0.15) is 25.0 Å². The second-order valence-corrected chi connectivity index (χ2v) is 9.93. The largest absolute Gasteiger partial charge is 0.374 e. The maximum absolute atomic E-state index is 14.1. The summed E-state index contributed by atoms with van der Waals surface area (Å²) in [7, 11) is 1.37. The summed E-state index contributed by atoms with van der Waals surface area (Å²) >= 11 is 0. The monoisotopic (exact) mass is 517 g/mol. The molecule has 0 aliphatic carbocycles. The molecule has 0 bridgehead atoms. The van der Waals surface area contributed by atoms with Crippen LogP contribution in [0.2, 0.25) is 0 Å². The van der Waals surface area contributed by atoms with Crippen LogP contribution in [0, 0.1) is 0 Å². The van der Waals surface area contributed by atoms with E-state index in [0.29, 0.717) is 0 Å². The van der Waals surface area contributed by atoms with Gasteiger partial charge in [-0.1, -0.05) is 60.7 Å². The summed E-state index contributed by atoms with van der Waals surface area (Å²) in [5.74, 6) is -1.80. The van der Waals surface area contributed by atoms with Gasteiger partial charge in [-0.2, -0.15) is 0 Å². The van der Waals surface area contributed by atoms with E-state index in [9.17, 15) is 19.2 Å². The summed E-state index contributed by atoms with van der Waals surface area (Å²) in [5, 5.41) is 2.67. The van der Waals surface area contributed by atoms with Crippen LogP contribution in [-0.4, -0.2) is 69.9 Å². The number of nitrogens with zero attached hydrogens (tertiary/aromatic N) is 3. The molecule has 1 fully saturated rings. The molecule has 2 aliphatic heterocycles. The highest BCUT2D eigenvalue weighted by Crippen LogP contribution is 2.36. The predicted molar refractivity (Wildman–Crippen MR) is 141 cm³/mol. The van der Waals surface area contributed by atoms with Crippen LogP contribution in [0.3, 0.4) is 0 Å². The average molecular weight is 518 g/mol. The van der Waals surface area contributed by atoms with Crippen LogP contribution in [0.4, 0.5) is 4.79 Å². The first-order valence-electron chi connectivity index (χ1n) is 12.2. The Morgan fingerprint density at radius 1 is 1.05 bits per heavy atom. The quantitative estimate of drug-likeness (QED) is 0.462. The number of carbonyl (C=O) groups is 4. The number of aliphatic imine (C=N–C) groups is 1. The second kappa shape index (κ2) is 10.7. The summed E-state index contributed by atoms with van der Waals surface area (Å²) in [6, 6.07) is 16.6. The van der Waals surface area contributed by atoms with Crippen molar-refractivity contribution < 1.29 is 23.9 Å². The fourth-order valence-electron chi connectivity index (χ4n) is 4.44. The molecule has 2 aliphatic rings. The van der Waals surface area contributed by atoms with Crippen LogP contribution in [0.5, 0.6) is 0 Å². The molecule has 10 heteroatoms. The van der Waals surface area contributed by atoms with Crippen molar-refractivity contribution in [2.45, 2.75) is 44.0 Å². The molecule has 2 heterocycles. The molecule has 3 N–H and O–H groups in total. The molecule has 2 aromatic carbocycles. The summed E-state index contributed by atoms with van der Waals surface area (Å²) in [5.41, 5.74) is 4.45. The molecule has 10 nitrogen and oxygen atoms in total. The molecule has 0 saturated carbocycles. The number of benzene rings is 2. The number of Topliss-reactive ketones (excluding diaryl/α,β-unsaturated/α-hetero) is 1. The van der Waals surface area contributed by atoms with E-state index < -0.39 is 40.7 Å². The number of rotatable bonds is 10. The van der Waals surface area contributed by atoms with Crippen molar-refractivity contribution in [3.05, 3.63) is 84.2 Å². The minimum Gasteiger partial charge on any atom is -0.374 e. The van der Waals surface area contributed by atoms with Crippen LogP contribution in [0.25, 0.3) is 0 Å². The molecule has 38 heavy (non-hydrogen) atoms. The predicted octanol–water partition coefficient (Wildman–Crippen LogP) is 1.80. The third-order valence-electron chi connectivity index (χ3n) is 6.51. The molecule has 4 amide bonds. The maximum Gasteiger partial charge on any atom is 0.331 e. The zero-order valence-corrected chi connectivity index (χ0v) is 21.6. The smallest absolute Gasteiger partial charge is 0.331 e. The summed E-state index contributed by atoms with van der Waals surface area (Å²) < 4.78 is 5.81. The van der Waals surface area contributed by atoms with Gasteiger partial charge in [-0.05, 0) is 25.0 Å². The van der Waals surface area contributed by atoms with Gasteiger partial charge in [0.15, 0.2) is 5.54 Å². The van der Waals surface area contributed by atoms with Gasteiger partial charge in [-0.3, -0.25) is 29.2 Å². The molecule has 2 aromatic rings. The molecule has 0 aromatic heterocycles. The van der Waals surface area contributed by atoms with Gasteiger partial charge >= 0.3 is 6.03 Å². The number of amides is 4. The van der Waals surface area contributed by atoms with Crippen molar-refractivity contribution >= 4 is 29.3 Å². The number of carbonyl (C=O) groups excluding carboxylic acids is 4. The first-order chi connectivity index (χ1) is 18.1. The Morgan fingerprint density at radius 3 is 2.26 bits per heavy atom. The second-order valence-electron chi connectivity index (χ2n) is 9.93. The highest BCUT2D eigenvalue weighted by atomic mass is 16.5. The molecule has 1 saturated heterocycles. The van der Waals surface area contributed by atoms with E-state index in [-0.39, 0.29) is 25.3 Å². The van der Waals surface area contributed by atoms with Crippen LogP contribution in [-0.2, 0) is 32.1 Å². The zero-order valence-electron chi connectivity index (χ0n) is 21.6. The number of ketones is 1. The Bertz CT molecular complexity index is 1290. The fraction of sp³-hybridized carbons (Fsp3) is 0.321. The Morgan fingerprint density at radius 2 is 1.66 bits per heavy atom. The number of urea groups is 1. The minimum atomic E-state index is -1.71. The number of likely N-dealkylation sites (N-methyl/N-ethyl adjacent to an activating group) is 1. The van der Waals surface area contributed by atoms with E-state index in [1.807, 2.05) is 60.7 Å². The van der Waals surface area contributed by atoms with E-state index in [0.717, 1.165) is 16.0 Å². The highest BCUT2D eigenvalue weighted by molar-refractivity contribution is 6.51. The number of hydrogen-bond acceptors (Lipinski definition) is 7. The Balaban J connectivity index is 1.69.